The van der Waals surface area contributed by atoms with Crippen LogP contribution in [-0.2, 0) is 4.79 Å². The zero-order valence-electron chi connectivity index (χ0n) is 14.0. The lowest BCUT2D eigenvalue weighted by molar-refractivity contribution is -0.115. The van der Waals surface area contributed by atoms with Crippen molar-refractivity contribution in [2.24, 2.45) is 0 Å². The monoisotopic (exact) mass is 439 g/mol. The van der Waals surface area contributed by atoms with Crippen molar-refractivity contribution in [2.45, 2.75) is 6.42 Å². The molecule has 0 unspecified atom stereocenters. The molecule has 1 saturated heterocycles. The number of rotatable bonds is 7. The molecule has 2 aromatic rings. The van der Waals surface area contributed by atoms with Crippen molar-refractivity contribution in [3.05, 3.63) is 63.0 Å². The highest BCUT2D eigenvalue weighted by atomic mass is 35.5. The Morgan fingerprint density at radius 1 is 1.07 bits per heavy atom. The van der Waals surface area contributed by atoms with Crippen LogP contribution in [0, 0.1) is 0 Å². The average molecular weight is 440 g/mol. The topological polar surface area (TPSA) is 47.6 Å². The first-order chi connectivity index (χ1) is 13.0. The molecular weight excluding hydrogens is 425 g/mol. The Labute approximate surface area is 176 Å². The van der Waals surface area contributed by atoms with E-state index in [0.717, 1.165) is 5.56 Å². The lowest BCUT2D eigenvalue weighted by Crippen LogP contribution is -2.17. The number of halogens is 2. The molecule has 1 fully saturated rings. The Morgan fingerprint density at radius 3 is 2.52 bits per heavy atom. The van der Waals surface area contributed by atoms with Gasteiger partial charge in [-0.15, -0.1) is 0 Å². The van der Waals surface area contributed by atoms with Crippen molar-refractivity contribution in [1.82, 2.24) is 5.32 Å². The maximum absolute atomic E-state index is 11.9. The van der Waals surface area contributed by atoms with Gasteiger partial charge in [-0.05, 0) is 36.4 Å². The summed E-state index contributed by atoms with van der Waals surface area (Å²) in [5, 5.41) is 3.72. The zero-order valence-corrected chi connectivity index (χ0v) is 17.2. The summed E-state index contributed by atoms with van der Waals surface area (Å²) >= 11 is 18.4. The molecule has 4 nitrogen and oxygen atoms in total. The highest BCUT2D eigenvalue weighted by Gasteiger charge is 2.22. The number of carbonyl (C=O) groups excluding carboxylic acids is 1. The van der Waals surface area contributed by atoms with Crippen LogP contribution >= 0.6 is 47.2 Å². The molecule has 1 aliphatic heterocycles. The molecule has 0 saturated carbocycles. The molecule has 1 N–H and O–H groups in total. The normalized spacial score (nSPS) is 15.1. The van der Waals surface area contributed by atoms with E-state index in [1.54, 1.807) is 30.3 Å². The molecule has 1 heterocycles. The van der Waals surface area contributed by atoms with Gasteiger partial charge in [0.05, 0.1) is 23.1 Å². The minimum atomic E-state index is -0.218. The number of para-hydroxylation sites is 1. The molecule has 1 amide bonds. The number of amides is 1. The van der Waals surface area contributed by atoms with Gasteiger partial charge in [-0.3, -0.25) is 4.79 Å². The second-order valence-corrected chi connectivity index (χ2v) is 8.08. The fraction of sp³-hybridized carbons (Fsp3) is 0.158. The highest BCUT2D eigenvalue weighted by molar-refractivity contribution is 8.26. The fourth-order valence-electron chi connectivity index (χ4n) is 2.31. The lowest BCUT2D eigenvalue weighted by Gasteiger charge is -2.11. The molecule has 0 aromatic heterocycles. The zero-order chi connectivity index (χ0) is 19.2. The van der Waals surface area contributed by atoms with Gasteiger partial charge < -0.3 is 14.8 Å². The quantitative estimate of drug-likeness (QED) is 0.358. The summed E-state index contributed by atoms with van der Waals surface area (Å²) in [5.74, 6) is 1.07. The van der Waals surface area contributed by atoms with Gasteiger partial charge in [-0.25, -0.2) is 0 Å². The Morgan fingerprint density at radius 2 is 1.81 bits per heavy atom. The van der Waals surface area contributed by atoms with Crippen molar-refractivity contribution in [1.29, 1.82) is 0 Å². The Kier molecular flexibility index (Phi) is 7.01. The smallest absolute Gasteiger partial charge is 0.263 e. The molecule has 2 aromatic carbocycles. The molecule has 3 rings (SSSR count). The molecular formula is C19H15Cl2NO3S2. The molecule has 0 radical (unpaired) electrons. The molecule has 0 bridgehead atoms. The van der Waals surface area contributed by atoms with E-state index in [9.17, 15) is 4.79 Å². The molecule has 27 heavy (non-hydrogen) atoms. The number of nitrogens with one attached hydrogen (secondary N) is 1. The first kappa shape index (κ1) is 20.0. The van der Waals surface area contributed by atoms with Crippen LogP contribution in [0.4, 0.5) is 0 Å². The van der Waals surface area contributed by atoms with Crippen LogP contribution in [0.25, 0.3) is 6.08 Å². The maximum Gasteiger partial charge on any atom is 0.263 e. The molecule has 0 atom stereocenters. The minimum Gasteiger partial charge on any atom is -0.493 e. The largest absolute Gasteiger partial charge is 0.493 e. The van der Waals surface area contributed by atoms with E-state index < -0.39 is 0 Å². The van der Waals surface area contributed by atoms with Crippen LogP contribution in [0.2, 0.25) is 10.0 Å². The SMILES string of the molecule is O=C1NC(=S)S/C1=C\c1cc(Cl)ccc1OCCCOc1ccccc1Cl. The number of benzene rings is 2. The Bertz CT molecular complexity index is 902. The summed E-state index contributed by atoms with van der Waals surface area (Å²) in [4.78, 5) is 12.4. The van der Waals surface area contributed by atoms with E-state index in [-0.39, 0.29) is 5.91 Å². The molecule has 1 aliphatic rings. The predicted octanol–water partition coefficient (Wildman–Crippen LogP) is 5.33. The van der Waals surface area contributed by atoms with E-state index in [1.807, 2.05) is 18.2 Å². The van der Waals surface area contributed by atoms with E-state index in [4.69, 9.17) is 44.9 Å². The number of thiocarbonyl (C=S) groups is 1. The third-order valence-corrected chi connectivity index (χ3v) is 5.25. The van der Waals surface area contributed by atoms with Gasteiger partial charge >= 0.3 is 0 Å². The van der Waals surface area contributed by atoms with Crippen LogP contribution in [-0.4, -0.2) is 23.4 Å². The third-order valence-electron chi connectivity index (χ3n) is 3.54. The van der Waals surface area contributed by atoms with Crippen molar-refractivity contribution in [2.75, 3.05) is 13.2 Å². The van der Waals surface area contributed by atoms with Crippen molar-refractivity contribution in [3.63, 3.8) is 0 Å². The van der Waals surface area contributed by atoms with Crippen molar-refractivity contribution < 1.29 is 14.3 Å². The number of carbonyl (C=O) groups is 1. The van der Waals surface area contributed by atoms with Crippen LogP contribution in [0.1, 0.15) is 12.0 Å². The first-order valence-electron chi connectivity index (χ1n) is 8.07. The van der Waals surface area contributed by atoms with Gasteiger partial charge in [0.1, 0.15) is 15.8 Å². The number of hydrogen-bond donors (Lipinski definition) is 1. The second-order valence-electron chi connectivity index (χ2n) is 5.52. The lowest BCUT2D eigenvalue weighted by atomic mass is 10.2. The van der Waals surface area contributed by atoms with Crippen LogP contribution in [0.3, 0.4) is 0 Å². The summed E-state index contributed by atoms with van der Waals surface area (Å²) < 4.78 is 11.9. The molecule has 0 spiro atoms. The summed E-state index contributed by atoms with van der Waals surface area (Å²) in [6.07, 6.45) is 2.39. The number of ether oxygens (including phenoxy) is 2. The summed E-state index contributed by atoms with van der Waals surface area (Å²) in [7, 11) is 0. The Hall–Kier alpha value is -1.73. The average Bonchev–Trinajstić information content (AvgIpc) is 2.95. The number of hydrogen-bond acceptors (Lipinski definition) is 5. The summed E-state index contributed by atoms with van der Waals surface area (Å²) in [6, 6.07) is 12.6. The predicted molar refractivity (Wildman–Crippen MR) is 115 cm³/mol. The minimum absolute atomic E-state index is 0.218. The highest BCUT2D eigenvalue weighted by Crippen LogP contribution is 2.31. The molecule has 0 aliphatic carbocycles. The van der Waals surface area contributed by atoms with E-state index in [2.05, 4.69) is 5.32 Å². The van der Waals surface area contributed by atoms with Crippen LogP contribution in [0.15, 0.2) is 47.4 Å². The number of thioether (sulfide) groups is 1. The van der Waals surface area contributed by atoms with Gasteiger partial charge in [-0.2, -0.15) is 0 Å². The van der Waals surface area contributed by atoms with E-state index in [1.165, 1.54) is 11.8 Å². The van der Waals surface area contributed by atoms with Crippen molar-refractivity contribution in [3.8, 4) is 11.5 Å². The fourth-order valence-corrected chi connectivity index (χ4v) is 3.72. The van der Waals surface area contributed by atoms with Gasteiger partial charge in [-0.1, -0.05) is 59.3 Å². The summed E-state index contributed by atoms with van der Waals surface area (Å²) in [5.41, 5.74) is 0.719. The van der Waals surface area contributed by atoms with E-state index >= 15 is 0 Å². The van der Waals surface area contributed by atoms with Gasteiger partial charge in [0, 0.05) is 17.0 Å². The summed E-state index contributed by atoms with van der Waals surface area (Å²) in [6.45, 7) is 0.917. The van der Waals surface area contributed by atoms with E-state index in [0.29, 0.717) is 50.4 Å². The van der Waals surface area contributed by atoms with Crippen molar-refractivity contribution >= 4 is 63.5 Å². The molecule has 8 heteroatoms. The Balaban J connectivity index is 1.59. The van der Waals surface area contributed by atoms with Crippen LogP contribution < -0.4 is 14.8 Å². The first-order valence-corrected chi connectivity index (χ1v) is 10.1. The third kappa shape index (κ3) is 5.62. The van der Waals surface area contributed by atoms with Crippen LogP contribution in [0.5, 0.6) is 11.5 Å². The van der Waals surface area contributed by atoms with Gasteiger partial charge in [0.2, 0.25) is 0 Å². The second kappa shape index (κ2) is 9.46. The van der Waals surface area contributed by atoms with Gasteiger partial charge in [0.25, 0.3) is 5.91 Å². The maximum atomic E-state index is 11.9. The standard InChI is InChI=1S/C19H15Cl2NO3S2/c20-13-6-7-15(12(10-13)11-17-18(23)22-19(26)27-17)24-8-3-9-25-16-5-2-1-4-14(16)21/h1-2,4-7,10-11H,3,8-9H2,(H,22,23,26)/b17-11-. The van der Waals surface area contributed by atoms with Gasteiger partial charge in [0.15, 0.2) is 0 Å². The molecule has 140 valence electrons.